The van der Waals surface area contributed by atoms with Crippen molar-refractivity contribution in [3.63, 3.8) is 0 Å². The van der Waals surface area contributed by atoms with Gasteiger partial charge >= 0.3 is 5.97 Å². The van der Waals surface area contributed by atoms with E-state index >= 15 is 0 Å². The molecule has 0 bridgehead atoms. The van der Waals surface area contributed by atoms with Crippen LogP contribution in [0.4, 0.5) is 0 Å². The van der Waals surface area contributed by atoms with Gasteiger partial charge in [-0.15, -0.1) is 0 Å². The second kappa shape index (κ2) is 4.61. The fourth-order valence-electron chi connectivity index (χ4n) is 1.78. The van der Waals surface area contributed by atoms with Crippen LogP contribution in [0.5, 0.6) is 0 Å². The highest BCUT2D eigenvalue weighted by Crippen LogP contribution is 2.12. The lowest BCUT2D eigenvalue weighted by Gasteiger charge is -2.22. The first-order chi connectivity index (χ1) is 8.02. The summed E-state index contributed by atoms with van der Waals surface area (Å²) in [5.74, 6) is -0.112. The van der Waals surface area contributed by atoms with E-state index < -0.39 is 27.9 Å². The number of ether oxygens (including phenoxy) is 2. The third-order valence-corrected chi connectivity index (χ3v) is 4.34. The fourth-order valence-corrected chi connectivity index (χ4v) is 3.15. The molecule has 0 radical (unpaired) electrons. The van der Waals surface area contributed by atoms with E-state index in [-0.39, 0.29) is 24.0 Å². The molecule has 0 aliphatic carbocycles. The molecule has 0 aromatic heterocycles. The predicted molar refractivity (Wildman–Crippen MR) is 59.6 cm³/mol. The molecule has 2 atom stereocenters. The van der Waals surface area contributed by atoms with Crippen molar-refractivity contribution in [1.82, 2.24) is 5.32 Å². The van der Waals surface area contributed by atoms with E-state index in [4.69, 9.17) is 4.74 Å². The van der Waals surface area contributed by atoms with Crippen molar-refractivity contribution >= 4 is 21.7 Å². The summed E-state index contributed by atoms with van der Waals surface area (Å²) in [7, 11) is -1.78. The van der Waals surface area contributed by atoms with Crippen LogP contribution in [0.1, 0.15) is 0 Å². The van der Waals surface area contributed by atoms with Gasteiger partial charge in [-0.2, -0.15) is 0 Å². The van der Waals surface area contributed by atoms with E-state index in [9.17, 15) is 13.2 Å². The van der Waals surface area contributed by atoms with Crippen LogP contribution < -0.4 is 5.32 Å². The lowest BCUT2D eigenvalue weighted by molar-refractivity contribution is -0.142. The van der Waals surface area contributed by atoms with Gasteiger partial charge in [0.1, 0.15) is 6.61 Å². The first-order valence-corrected chi connectivity index (χ1v) is 7.06. The maximum atomic E-state index is 11.4. The third kappa shape index (κ3) is 2.75. The fraction of sp³-hybridized carbons (Fsp3) is 0.778. The highest BCUT2D eigenvalue weighted by atomic mass is 32.2. The minimum absolute atomic E-state index is 0.0419. The lowest BCUT2D eigenvalue weighted by atomic mass is 10.3. The Bertz CT molecular complexity index is 444. The Balaban J connectivity index is 2.06. The van der Waals surface area contributed by atoms with E-state index in [1.807, 2.05) is 0 Å². The molecule has 0 spiro atoms. The Morgan fingerprint density at radius 2 is 2.35 bits per heavy atom. The van der Waals surface area contributed by atoms with Crippen molar-refractivity contribution < 1.29 is 22.7 Å². The molecule has 0 aromatic rings. The topological polar surface area (TPSA) is 94.1 Å². The summed E-state index contributed by atoms with van der Waals surface area (Å²) in [6, 6.07) is -1.13. The number of esters is 1. The van der Waals surface area contributed by atoms with Crippen molar-refractivity contribution in [2.75, 3.05) is 31.8 Å². The van der Waals surface area contributed by atoms with Gasteiger partial charge in [0.05, 0.1) is 24.7 Å². The SMILES string of the molecule is COC(=O)C1COC(C2CS(=O)(=O)CCN2)=N1. The smallest absolute Gasteiger partial charge is 0.334 e. The maximum Gasteiger partial charge on any atom is 0.334 e. The molecule has 17 heavy (non-hydrogen) atoms. The largest absolute Gasteiger partial charge is 0.477 e. The lowest BCUT2D eigenvalue weighted by Crippen LogP contribution is -2.49. The molecule has 7 nitrogen and oxygen atoms in total. The predicted octanol–water partition coefficient (Wildman–Crippen LogP) is -1.66. The Kier molecular flexibility index (Phi) is 3.34. The summed E-state index contributed by atoms with van der Waals surface area (Å²) >= 11 is 0. The Hall–Kier alpha value is -1.15. The molecule has 1 fully saturated rings. The molecule has 0 aromatic carbocycles. The zero-order chi connectivity index (χ0) is 12.5. The van der Waals surface area contributed by atoms with Crippen LogP contribution in [0.2, 0.25) is 0 Å². The first kappa shape index (κ1) is 12.3. The first-order valence-electron chi connectivity index (χ1n) is 5.24. The van der Waals surface area contributed by atoms with Crippen molar-refractivity contribution in [2.24, 2.45) is 4.99 Å². The maximum absolute atomic E-state index is 11.4. The van der Waals surface area contributed by atoms with Gasteiger partial charge in [-0.3, -0.25) is 0 Å². The minimum atomic E-state index is -3.05. The number of sulfone groups is 1. The molecular formula is C9H14N2O5S. The van der Waals surface area contributed by atoms with E-state index in [0.717, 1.165) is 0 Å². The highest BCUT2D eigenvalue weighted by Gasteiger charge is 2.35. The van der Waals surface area contributed by atoms with Crippen LogP contribution >= 0.6 is 0 Å². The number of carbonyl (C=O) groups excluding carboxylic acids is 1. The zero-order valence-corrected chi connectivity index (χ0v) is 10.2. The third-order valence-electron chi connectivity index (χ3n) is 2.67. The summed E-state index contributed by atoms with van der Waals surface area (Å²) in [6.45, 7) is 0.485. The van der Waals surface area contributed by atoms with E-state index in [0.29, 0.717) is 6.54 Å². The van der Waals surface area contributed by atoms with Gasteiger partial charge in [0.25, 0.3) is 0 Å². The zero-order valence-electron chi connectivity index (χ0n) is 9.38. The molecular weight excluding hydrogens is 248 g/mol. The molecule has 1 saturated heterocycles. The Morgan fingerprint density at radius 1 is 1.59 bits per heavy atom. The Labute approximate surface area is 99.1 Å². The van der Waals surface area contributed by atoms with Crippen molar-refractivity contribution in [1.29, 1.82) is 0 Å². The van der Waals surface area contributed by atoms with E-state index in [1.165, 1.54) is 7.11 Å². The molecule has 2 aliphatic rings. The minimum Gasteiger partial charge on any atom is -0.477 e. The summed E-state index contributed by atoms with van der Waals surface area (Å²) < 4.78 is 32.7. The highest BCUT2D eigenvalue weighted by molar-refractivity contribution is 7.91. The van der Waals surface area contributed by atoms with Crippen LogP contribution in [-0.4, -0.2) is 64.1 Å². The molecule has 2 unspecified atom stereocenters. The van der Waals surface area contributed by atoms with E-state index in [2.05, 4.69) is 15.0 Å². The van der Waals surface area contributed by atoms with Crippen molar-refractivity contribution in [3.05, 3.63) is 0 Å². The summed E-state index contributed by atoms with van der Waals surface area (Å²) in [6.07, 6.45) is 0. The van der Waals surface area contributed by atoms with Gasteiger partial charge in [-0.1, -0.05) is 0 Å². The monoisotopic (exact) mass is 262 g/mol. The average Bonchev–Trinajstić information content (AvgIpc) is 2.76. The standard InChI is InChI=1S/C9H14N2O5S/c1-15-9(12)6-4-16-8(11-6)7-5-17(13,14)3-2-10-7/h6-7,10H,2-5H2,1H3. The van der Waals surface area contributed by atoms with Gasteiger partial charge in [-0.25, -0.2) is 18.2 Å². The van der Waals surface area contributed by atoms with Crippen LogP contribution in [0.15, 0.2) is 4.99 Å². The van der Waals surface area contributed by atoms with E-state index in [1.54, 1.807) is 0 Å². The van der Waals surface area contributed by atoms with Crippen LogP contribution in [0.25, 0.3) is 0 Å². The van der Waals surface area contributed by atoms with Gasteiger partial charge in [-0.05, 0) is 0 Å². The molecule has 1 N–H and O–H groups in total. The molecule has 2 heterocycles. The Morgan fingerprint density at radius 3 is 3.00 bits per heavy atom. The summed E-state index contributed by atoms with van der Waals surface area (Å²) in [5, 5.41) is 3.01. The molecule has 0 amide bonds. The number of nitrogens with one attached hydrogen (secondary N) is 1. The van der Waals surface area contributed by atoms with Crippen molar-refractivity contribution in [3.8, 4) is 0 Å². The number of hydrogen-bond donors (Lipinski definition) is 1. The molecule has 2 aliphatic heterocycles. The second-order valence-electron chi connectivity index (χ2n) is 3.94. The normalized spacial score (nSPS) is 31.5. The van der Waals surface area contributed by atoms with Crippen molar-refractivity contribution in [2.45, 2.75) is 12.1 Å². The number of aliphatic imine (C=N–C) groups is 1. The van der Waals surface area contributed by atoms with Gasteiger partial charge < -0.3 is 14.8 Å². The quantitative estimate of drug-likeness (QED) is 0.599. The number of methoxy groups -OCH3 is 1. The number of rotatable bonds is 2. The molecule has 2 rings (SSSR count). The van der Waals surface area contributed by atoms with Crippen LogP contribution in [0.3, 0.4) is 0 Å². The van der Waals surface area contributed by atoms with Gasteiger partial charge in [0, 0.05) is 6.54 Å². The van der Waals surface area contributed by atoms with Gasteiger partial charge in [0.15, 0.2) is 15.9 Å². The number of nitrogens with zero attached hydrogens (tertiary/aromatic N) is 1. The number of carbonyl (C=O) groups is 1. The average molecular weight is 262 g/mol. The molecule has 0 saturated carbocycles. The second-order valence-corrected chi connectivity index (χ2v) is 6.17. The molecule has 8 heteroatoms. The molecule has 96 valence electrons. The summed E-state index contributed by atoms with van der Waals surface area (Å²) in [4.78, 5) is 15.3. The van der Waals surface area contributed by atoms with Gasteiger partial charge in [0.2, 0.25) is 5.90 Å². The summed E-state index contributed by atoms with van der Waals surface area (Å²) in [5.41, 5.74) is 0. The van der Waals surface area contributed by atoms with Crippen LogP contribution in [0, 0.1) is 0 Å². The number of hydrogen-bond acceptors (Lipinski definition) is 7. The van der Waals surface area contributed by atoms with Crippen LogP contribution in [-0.2, 0) is 24.1 Å².